The van der Waals surface area contributed by atoms with Crippen LogP contribution < -0.4 is 5.73 Å². The number of rotatable bonds is 3. The number of halogens is 3. The van der Waals surface area contributed by atoms with Crippen LogP contribution in [-0.4, -0.2) is 12.0 Å². The number of alkyl halides is 3. The number of hydrogen-bond acceptors (Lipinski definition) is 2. The van der Waals surface area contributed by atoms with E-state index in [1.807, 2.05) is 0 Å². The Balaban J connectivity index is 2.62. The lowest BCUT2D eigenvalue weighted by Gasteiger charge is -2.17. The average Bonchev–Trinajstić information content (AvgIpc) is 2.64. The fraction of sp³-hybridized carbons (Fsp3) is 0.667. The maximum atomic E-state index is 12.4. The summed E-state index contributed by atoms with van der Waals surface area (Å²) in [5, 5.41) is 0. The molecule has 1 aliphatic rings. The standard InChI is InChI=1S/C9H12F3NO/c1-6(13)4-7(14)5-8(2-3-8)9(10,11)12/h4H,2-3,5,13H2,1H3/b6-4-. The Morgan fingerprint density at radius 2 is 2.00 bits per heavy atom. The van der Waals surface area contributed by atoms with Crippen molar-refractivity contribution in [2.24, 2.45) is 11.1 Å². The fourth-order valence-electron chi connectivity index (χ4n) is 1.35. The molecule has 0 unspecified atom stereocenters. The molecule has 0 aliphatic heterocycles. The Labute approximate surface area is 80.0 Å². The highest BCUT2D eigenvalue weighted by Crippen LogP contribution is 2.60. The molecule has 0 aromatic rings. The third-order valence-corrected chi connectivity index (χ3v) is 2.36. The lowest BCUT2D eigenvalue weighted by Crippen LogP contribution is -2.26. The predicted molar refractivity (Wildman–Crippen MR) is 45.3 cm³/mol. The Hall–Kier alpha value is -1.00. The summed E-state index contributed by atoms with van der Waals surface area (Å²) in [6.07, 6.45) is -3.56. The van der Waals surface area contributed by atoms with Crippen LogP contribution in [-0.2, 0) is 4.79 Å². The van der Waals surface area contributed by atoms with Gasteiger partial charge in [-0.05, 0) is 25.8 Å². The molecule has 14 heavy (non-hydrogen) atoms. The molecule has 0 saturated heterocycles. The van der Waals surface area contributed by atoms with E-state index in [9.17, 15) is 18.0 Å². The molecule has 0 heterocycles. The van der Waals surface area contributed by atoms with Crippen molar-refractivity contribution in [1.82, 2.24) is 0 Å². The minimum Gasteiger partial charge on any atom is -0.402 e. The first kappa shape index (κ1) is 11.1. The van der Waals surface area contributed by atoms with Crippen molar-refractivity contribution in [2.45, 2.75) is 32.4 Å². The largest absolute Gasteiger partial charge is 0.402 e. The molecule has 0 spiro atoms. The van der Waals surface area contributed by atoms with E-state index in [1.54, 1.807) is 0 Å². The van der Waals surface area contributed by atoms with Crippen LogP contribution in [0.15, 0.2) is 11.8 Å². The lowest BCUT2D eigenvalue weighted by atomic mass is 9.98. The summed E-state index contributed by atoms with van der Waals surface area (Å²) in [6.45, 7) is 1.48. The van der Waals surface area contributed by atoms with Gasteiger partial charge in [-0.15, -0.1) is 0 Å². The van der Waals surface area contributed by atoms with E-state index in [1.165, 1.54) is 6.92 Å². The molecule has 0 atom stereocenters. The number of hydrogen-bond donors (Lipinski definition) is 1. The predicted octanol–water partition coefficient (Wildman–Crippen LogP) is 2.15. The zero-order chi connectivity index (χ0) is 11.0. The van der Waals surface area contributed by atoms with Crippen molar-refractivity contribution in [3.63, 3.8) is 0 Å². The second-order valence-corrected chi connectivity index (χ2v) is 3.81. The average molecular weight is 207 g/mol. The first-order chi connectivity index (χ1) is 6.27. The van der Waals surface area contributed by atoms with Crippen LogP contribution in [0, 0.1) is 5.41 Å². The van der Waals surface area contributed by atoms with Crippen molar-refractivity contribution in [2.75, 3.05) is 0 Å². The zero-order valence-electron chi connectivity index (χ0n) is 7.82. The maximum Gasteiger partial charge on any atom is 0.394 e. The molecule has 2 N–H and O–H groups in total. The molecule has 1 saturated carbocycles. The van der Waals surface area contributed by atoms with Gasteiger partial charge in [0.2, 0.25) is 0 Å². The molecular weight excluding hydrogens is 195 g/mol. The summed E-state index contributed by atoms with van der Waals surface area (Å²) in [7, 11) is 0. The van der Waals surface area contributed by atoms with Gasteiger partial charge in [0.25, 0.3) is 0 Å². The van der Waals surface area contributed by atoms with E-state index >= 15 is 0 Å². The number of ketones is 1. The summed E-state index contributed by atoms with van der Waals surface area (Å²) < 4.78 is 37.2. The Morgan fingerprint density at radius 3 is 2.29 bits per heavy atom. The minimum atomic E-state index is -4.26. The molecule has 0 aromatic heterocycles. The molecule has 1 rings (SSSR count). The Kier molecular flexibility index (Phi) is 2.61. The van der Waals surface area contributed by atoms with Crippen LogP contribution in [0.3, 0.4) is 0 Å². The second-order valence-electron chi connectivity index (χ2n) is 3.81. The molecular formula is C9H12F3NO. The molecule has 0 aromatic carbocycles. The molecule has 0 amide bonds. The van der Waals surface area contributed by atoms with Gasteiger partial charge < -0.3 is 5.73 Å². The topological polar surface area (TPSA) is 43.1 Å². The van der Waals surface area contributed by atoms with Crippen molar-refractivity contribution in [1.29, 1.82) is 0 Å². The molecule has 1 fully saturated rings. The van der Waals surface area contributed by atoms with E-state index in [4.69, 9.17) is 5.73 Å². The number of allylic oxidation sites excluding steroid dienone is 2. The Bertz CT molecular complexity index is 272. The van der Waals surface area contributed by atoms with Crippen LogP contribution in [0.5, 0.6) is 0 Å². The van der Waals surface area contributed by atoms with Gasteiger partial charge in [-0.3, -0.25) is 4.79 Å². The van der Waals surface area contributed by atoms with Gasteiger partial charge in [0, 0.05) is 12.1 Å². The summed E-state index contributed by atoms with van der Waals surface area (Å²) in [5.74, 6) is -0.542. The quantitative estimate of drug-likeness (QED) is 0.720. The maximum absolute atomic E-state index is 12.4. The summed E-state index contributed by atoms with van der Waals surface area (Å²) in [4.78, 5) is 11.1. The molecule has 1 aliphatic carbocycles. The third-order valence-electron chi connectivity index (χ3n) is 2.36. The van der Waals surface area contributed by atoms with Crippen molar-refractivity contribution >= 4 is 5.78 Å². The van der Waals surface area contributed by atoms with Gasteiger partial charge in [0.1, 0.15) is 0 Å². The SMILES string of the molecule is C/C(N)=C/C(=O)CC1(C(F)(F)F)CC1. The smallest absolute Gasteiger partial charge is 0.394 e. The van der Waals surface area contributed by atoms with Gasteiger partial charge in [0.05, 0.1) is 5.41 Å². The number of carbonyl (C=O) groups excluding carboxylic acids is 1. The molecule has 0 bridgehead atoms. The minimum absolute atomic E-state index is 0.0553. The summed E-state index contributed by atoms with van der Waals surface area (Å²) >= 11 is 0. The van der Waals surface area contributed by atoms with Crippen LogP contribution in [0.2, 0.25) is 0 Å². The fourth-order valence-corrected chi connectivity index (χ4v) is 1.35. The van der Waals surface area contributed by atoms with Gasteiger partial charge in [-0.2, -0.15) is 13.2 Å². The highest BCUT2D eigenvalue weighted by molar-refractivity contribution is 5.91. The van der Waals surface area contributed by atoms with Gasteiger partial charge in [0.15, 0.2) is 5.78 Å². The molecule has 0 radical (unpaired) electrons. The van der Waals surface area contributed by atoms with Gasteiger partial charge in [-0.1, -0.05) is 0 Å². The highest BCUT2D eigenvalue weighted by atomic mass is 19.4. The summed E-state index contributed by atoms with van der Waals surface area (Å²) in [6, 6.07) is 0. The first-order valence-corrected chi connectivity index (χ1v) is 4.30. The highest BCUT2D eigenvalue weighted by Gasteiger charge is 2.63. The lowest BCUT2D eigenvalue weighted by molar-refractivity contribution is -0.189. The molecule has 2 nitrogen and oxygen atoms in total. The second kappa shape index (κ2) is 3.29. The van der Waals surface area contributed by atoms with Crippen LogP contribution in [0.4, 0.5) is 13.2 Å². The molecule has 5 heteroatoms. The van der Waals surface area contributed by atoms with Crippen LogP contribution >= 0.6 is 0 Å². The van der Waals surface area contributed by atoms with Crippen molar-refractivity contribution in [3.05, 3.63) is 11.8 Å². The number of nitrogens with two attached hydrogens (primary N) is 1. The van der Waals surface area contributed by atoms with Crippen molar-refractivity contribution in [3.8, 4) is 0 Å². The van der Waals surface area contributed by atoms with E-state index in [2.05, 4.69) is 0 Å². The van der Waals surface area contributed by atoms with Gasteiger partial charge in [-0.25, -0.2) is 0 Å². The number of carbonyl (C=O) groups is 1. The Morgan fingerprint density at radius 1 is 1.50 bits per heavy atom. The third kappa shape index (κ3) is 2.27. The van der Waals surface area contributed by atoms with Crippen LogP contribution in [0.1, 0.15) is 26.2 Å². The van der Waals surface area contributed by atoms with E-state index in [0.717, 1.165) is 6.08 Å². The molecule has 80 valence electrons. The van der Waals surface area contributed by atoms with Crippen LogP contribution in [0.25, 0.3) is 0 Å². The van der Waals surface area contributed by atoms with E-state index in [0.29, 0.717) is 0 Å². The first-order valence-electron chi connectivity index (χ1n) is 4.30. The van der Waals surface area contributed by atoms with Crippen molar-refractivity contribution < 1.29 is 18.0 Å². The summed E-state index contributed by atoms with van der Waals surface area (Å²) in [5.41, 5.74) is 3.69. The zero-order valence-corrected chi connectivity index (χ0v) is 7.82. The van der Waals surface area contributed by atoms with E-state index < -0.39 is 23.8 Å². The van der Waals surface area contributed by atoms with E-state index in [-0.39, 0.29) is 18.5 Å². The monoisotopic (exact) mass is 207 g/mol. The normalized spacial score (nSPS) is 20.7. The van der Waals surface area contributed by atoms with Gasteiger partial charge >= 0.3 is 6.18 Å².